The van der Waals surface area contributed by atoms with Gasteiger partial charge >= 0.3 is 12.1 Å². The van der Waals surface area contributed by atoms with E-state index in [2.05, 4.69) is 0 Å². The number of halogens is 5. The van der Waals surface area contributed by atoms with E-state index in [1.807, 2.05) is 0 Å². The van der Waals surface area contributed by atoms with Crippen LogP contribution in [-0.4, -0.2) is 41.6 Å². The third-order valence-electron chi connectivity index (χ3n) is 3.60. The van der Waals surface area contributed by atoms with Crippen LogP contribution in [0.1, 0.15) is 19.3 Å². The van der Waals surface area contributed by atoms with E-state index in [-0.39, 0.29) is 19.4 Å². The zero-order valence-corrected chi connectivity index (χ0v) is 10.8. The fourth-order valence-electron chi connectivity index (χ4n) is 2.51. The fraction of sp³-hybridized carbons (Fsp3) is 0.909. The maximum atomic E-state index is 13.1. The number of ether oxygens (including phenoxy) is 1. The lowest BCUT2D eigenvalue weighted by Crippen LogP contribution is -2.51. The summed E-state index contributed by atoms with van der Waals surface area (Å²) in [6, 6.07) is 0. The summed E-state index contributed by atoms with van der Waals surface area (Å²) in [5.41, 5.74) is -0.690. The van der Waals surface area contributed by atoms with Gasteiger partial charge in [0.1, 0.15) is 0 Å². The van der Waals surface area contributed by atoms with Crippen LogP contribution in [-0.2, 0) is 9.53 Å². The van der Waals surface area contributed by atoms with Crippen LogP contribution in [0.4, 0.5) is 22.0 Å². The maximum absolute atomic E-state index is 13.1. The van der Waals surface area contributed by atoms with E-state index in [4.69, 9.17) is 4.74 Å². The van der Waals surface area contributed by atoms with Crippen LogP contribution in [0.5, 0.6) is 0 Å². The predicted octanol–water partition coefficient (Wildman–Crippen LogP) is 3.06. The summed E-state index contributed by atoms with van der Waals surface area (Å²) in [5.74, 6) is -7.23. The Morgan fingerprint density at radius 1 is 1.26 bits per heavy atom. The van der Waals surface area contributed by atoms with Crippen LogP contribution in [0.2, 0.25) is 0 Å². The molecule has 2 nitrogen and oxygen atoms in total. The molecular formula is C11H13F5O2S. The lowest BCUT2D eigenvalue weighted by atomic mass is 9.81. The van der Waals surface area contributed by atoms with Gasteiger partial charge in [-0.25, -0.2) is 0 Å². The molecule has 2 atom stereocenters. The summed E-state index contributed by atoms with van der Waals surface area (Å²) < 4.78 is 68.2. The number of Topliss-reactive ketones (excluding diaryl/α,β-unsaturated/α-hetero) is 1. The molecule has 2 unspecified atom stereocenters. The van der Waals surface area contributed by atoms with Crippen molar-refractivity contribution in [1.29, 1.82) is 0 Å². The lowest BCUT2D eigenvalue weighted by Gasteiger charge is -2.38. The minimum absolute atomic E-state index is 0.0372. The smallest absolute Gasteiger partial charge is 0.374 e. The van der Waals surface area contributed by atoms with E-state index >= 15 is 0 Å². The Morgan fingerprint density at radius 3 is 2.47 bits per heavy atom. The van der Waals surface area contributed by atoms with Crippen molar-refractivity contribution in [1.82, 2.24) is 0 Å². The number of alkyl halides is 5. The Hall–Kier alpha value is -0.370. The topological polar surface area (TPSA) is 26.3 Å². The molecule has 8 heteroatoms. The first-order valence-corrected chi connectivity index (χ1v) is 7.04. The second-order valence-electron chi connectivity index (χ2n) is 4.96. The van der Waals surface area contributed by atoms with Gasteiger partial charge in [-0.15, -0.1) is 0 Å². The summed E-state index contributed by atoms with van der Waals surface area (Å²) >= 11 is 1.56. The molecule has 2 saturated heterocycles. The van der Waals surface area contributed by atoms with Crippen molar-refractivity contribution in [2.45, 2.75) is 37.0 Å². The average molecular weight is 304 g/mol. The first kappa shape index (κ1) is 15.0. The molecule has 2 heterocycles. The highest BCUT2D eigenvalue weighted by Crippen LogP contribution is 2.45. The summed E-state index contributed by atoms with van der Waals surface area (Å²) in [7, 11) is 0. The van der Waals surface area contributed by atoms with E-state index < -0.39 is 29.4 Å². The van der Waals surface area contributed by atoms with E-state index in [0.717, 1.165) is 5.75 Å². The summed E-state index contributed by atoms with van der Waals surface area (Å²) in [6.45, 7) is 0.0604. The summed E-state index contributed by atoms with van der Waals surface area (Å²) in [5, 5.41) is 0. The standard InChI is InChI=1S/C11H13F5O2S/c12-10(13,11(14,15)16)8(17)7-1-3-18-9(5-7)2-4-19-6-9/h7H,1-6H2. The Bertz CT molecular complexity index is 363. The lowest BCUT2D eigenvalue weighted by molar-refractivity contribution is -0.272. The molecule has 2 aliphatic rings. The number of rotatable bonds is 2. The largest absolute Gasteiger partial charge is 0.461 e. The highest BCUT2D eigenvalue weighted by molar-refractivity contribution is 7.99. The van der Waals surface area contributed by atoms with Crippen molar-refractivity contribution in [3.05, 3.63) is 0 Å². The van der Waals surface area contributed by atoms with Crippen molar-refractivity contribution in [2.75, 3.05) is 18.1 Å². The quantitative estimate of drug-likeness (QED) is 0.734. The number of carbonyl (C=O) groups is 1. The van der Waals surface area contributed by atoms with Gasteiger partial charge in [-0.3, -0.25) is 4.79 Å². The van der Waals surface area contributed by atoms with Crippen LogP contribution < -0.4 is 0 Å². The van der Waals surface area contributed by atoms with Gasteiger partial charge in [0, 0.05) is 18.3 Å². The zero-order valence-electron chi connectivity index (χ0n) is 9.93. The van der Waals surface area contributed by atoms with E-state index in [0.29, 0.717) is 12.2 Å². The highest BCUT2D eigenvalue weighted by atomic mass is 32.2. The zero-order chi connectivity index (χ0) is 14.3. The fourth-order valence-corrected chi connectivity index (χ4v) is 3.89. The second kappa shape index (κ2) is 4.87. The molecule has 0 bridgehead atoms. The Labute approximate surface area is 111 Å². The van der Waals surface area contributed by atoms with Crippen LogP contribution in [0.25, 0.3) is 0 Å². The molecule has 1 spiro atoms. The molecule has 0 aromatic rings. The molecule has 0 aromatic heterocycles. The van der Waals surface area contributed by atoms with Gasteiger partial charge in [-0.1, -0.05) is 0 Å². The molecular weight excluding hydrogens is 291 g/mol. The number of hydrogen-bond acceptors (Lipinski definition) is 3. The molecule has 2 fully saturated rings. The van der Waals surface area contributed by atoms with Gasteiger partial charge in [0.25, 0.3) is 0 Å². The van der Waals surface area contributed by atoms with E-state index in [9.17, 15) is 26.7 Å². The average Bonchev–Trinajstić information content (AvgIpc) is 2.74. The van der Waals surface area contributed by atoms with Crippen LogP contribution in [0.3, 0.4) is 0 Å². The number of thioether (sulfide) groups is 1. The van der Waals surface area contributed by atoms with Gasteiger partial charge in [-0.2, -0.15) is 33.7 Å². The van der Waals surface area contributed by atoms with Crippen LogP contribution in [0, 0.1) is 5.92 Å². The van der Waals surface area contributed by atoms with Gasteiger partial charge in [0.15, 0.2) is 0 Å². The van der Waals surface area contributed by atoms with E-state index in [1.54, 1.807) is 11.8 Å². The van der Waals surface area contributed by atoms with Crippen molar-refractivity contribution < 1.29 is 31.5 Å². The highest BCUT2D eigenvalue weighted by Gasteiger charge is 2.64. The maximum Gasteiger partial charge on any atom is 0.461 e. The molecule has 0 aliphatic carbocycles. The third-order valence-corrected chi connectivity index (χ3v) is 4.82. The molecule has 110 valence electrons. The summed E-state index contributed by atoms with van der Waals surface area (Å²) in [6.07, 6.45) is -5.33. The SMILES string of the molecule is O=C(C1CCOC2(CCSC2)C1)C(F)(F)C(F)(F)F. The monoisotopic (exact) mass is 304 g/mol. The minimum atomic E-state index is -5.82. The van der Waals surface area contributed by atoms with Gasteiger partial charge < -0.3 is 4.74 Å². The molecule has 19 heavy (non-hydrogen) atoms. The number of hydrogen-bond donors (Lipinski definition) is 0. The molecule has 0 amide bonds. The molecule has 0 saturated carbocycles. The van der Waals surface area contributed by atoms with Gasteiger partial charge in [0.05, 0.1) is 5.60 Å². The van der Waals surface area contributed by atoms with Crippen LogP contribution in [0.15, 0.2) is 0 Å². The molecule has 0 N–H and O–H groups in total. The number of ketones is 1. The van der Waals surface area contributed by atoms with Gasteiger partial charge in [-0.05, 0) is 25.0 Å². The van der Waals surface area contributed by atoms with Crippen molar-refractivity contribution in [2.24, 2.45) is 5.92 Å². The Balaban J connectivity index is 2.11. The second-order valence-corrected chi connectivity index (χ2v) is 6.07. The normalized spacial score (nSPS) is 32.8. The first-order chi connectivity index (χ1) is 8.68. The molecule has 2 aliphatic heterocycles. The van der Waals surface area contributed by atoms with Crippen molar-refractivity contribution >= 4 is 17.5 Å². The van der Waals surface area contributed by atoms with Gasteiger partial charge in [0.2, 0.25) is 5.78 Å². The molecule has 2 rings (SSSR count). The Morgan fingerprint density at radius 2 is 1.95 bits per heavy atom. The van der Waals surface area contributed by atoms with Crippen LogP contribution >= 0.6 is 11.8 Å². The summed E-state index contributed by atoms with van der Waals surface area (Å²) in [4.78, 5) is 11.5. The predicted molar refractivity (Wildman–Crippen MR) is 59.4 cm³/mol. The van der Waals surface area contributed by atoms with Crippen molar-refractivity contribution in [3.63, 3.8) is 0 Å². The van der Waals surface area contributed by atoms with E-state index in [1.165, 1.54) is 0 Å². The third kappa shape index (κ3) is 2.74. The molecule has 0 radical (unpaired) electrons. The minimum Gasteiger partial charge on any atom is -0.374 e. The Kier molecular flexibility index (Phi) is 3.85. The number of carbonyl (C=O) groups excluding carboxylic acids is 1. The molecule has 0 aromatic carbocycles. The first-order valence-electron chi connectivity index (χ1n) is 5.89. The van der Waals surface area contributed by atoms with Crippen molar-refractivity contribution in [3.8, 4) is 0 Å².